The van der Waals surface area contributed by atoms with Crippen molar-refractivity contribution in [2.45, 2.75) is 39.3 Å². The number of rotatable bonds is 5. The van der Waals surface area contributed by atoms with Gasteiger partial charge in [0.15, 0.2) is 0 Å². The average molecular weight is 348 g/mol. The summed E-state index contributed by atoms with van der Waals surface area (Å²) in [4.78, 5) is 20.1. The third-order valence-electron chi connectivity index (χ3n) is 3.18. The molecule has 3 N–H and O–H groups in total. The van der Waals surface area contributed by atoms with E-state index in [9.17, 15) is 4.79 Å². The fourth-order valence-electron chi connectivity index (χ4n) is 2.12. The topological polar surface area (TPSA) is 109 Å². The van der Waals surface area contributed by atoms with Crippen LogP contribution < -0.4 is 20.5 Å². The van der Waals surface area contributed by atoms with Gasteiger partial charge >= 0.3 is 6.09 Å². The van der Waals surface area contributed by atoms with Gasteiger partial charge in [-0.05, 0) is 33.8 Å². The van der Waals surface area contributed by atoms with E-state index < -0.39 is 11.7 Å². The van der Waals surface area contributed by atoms with E-state index in [1.807, 2.05) is 6.92 Å². The van der Waals surface area contributed by atoms with E-state index in [1.54, 1.807) is 40.0 Å². The fourth-order valence-corrected chi connectivity index (χ4v) is 2.12. The molecule has 0 saturated heterocycles. The van der Waals surface area contributed by atoms with Gasteiger partial charge in [0.1, 0.15) is 24.3 Å². The van der Waals surface area contributed by atoms with Crippen LogP contribution in [-0.2, 0) is 4.74 Å². The smallest absolute Gasteiger partial charge is 0.407 e. The Labute approximate surface area is 146 Å². The standard InChI is InChI=1S/C17H24N4O4/c1-10(21-16(22)25-17(2,3)4)8-24-15-11-6-12(18)14(23-5)7-13(11)19-9-20-15/h6-7,9-10H,8,18H2,1-5H3,(H,21,22). The molecule has 136 valence electrons. The van der Waals surface area contributed by atoms with E-state index in [0.717, 1.165) is 0 Å². The largest absolute Gasteiger partial charge is 0.495 e. The first-order valence-corrected chi connectivity index (χ1v) is 7.90. The summed E-state index contributed by atoms with van der Waals surface area (Å²) in [6.07, 6.45) is 0.907. The first kappa shape index (κ1) is 18.6. The van der Waals surface area contributed by atoms with Crippen LogP contribution in [0.5, 0.6) is 11.6 Å². The predicted molar refractivity (Wildman–Crippen MR) is 94.8 cm³/mol. The zero-order valence-electron chi connectivity index (χ0n) is 15.1. The van der Waals surface area contributed by atoms with Crippen LogP contribution in [0.15, 0.2) is 18.5 Å². The lowest BCUT2D eigenvalue weighted by molar-refractivity contribution is 0.0493. The number of fused-ring (bicyclic) bond motifs is 1. The zero-order valence-corrected chi connectivity index (χ0v) is 15.1. The molecule has 0 radical (unpaired) electrons. The number of nitrogen functional groups attached to an aromatic ring is 1. The number of carbonyl (C=O) groups is 1. The fraction of sp³-hybridized carbons (Fsp3) is 0.471. The molecule has 2 aromatic rings. The molecule has 0 aliphatic carbocycles. The van der Waals surface area contributed by atoms with Crippen molar-refractivity contribution in [2.24, 2.45) is 0 Å². The van der Waals surface area contributed by atoms with Crippen molar-refractivity contribution >= 4 is 22.7 Å². The summed E-state index contributed by atoms with van der Waals surface area (Å²) in [6.45, 7) is 7.44. The summed E-state index contributed by atoms with van der Waals surface area (Å²) in [5.74, 6) is 0.925. The second-order valence-corrected chi connectivity index (χ2v) is 6.65. The molecule has 0 saturated carbocycles. The number of aromatic nitrogens is 2. The molecule has 0 aliphatic rings. The van der Waals surface area contributed by atoms with Crippen molar-refractivity contribution in [3.05, 3.63) is 18.5 Å². The van der Waals surface area contributed by atoms with Crippen molar-refractivity contribution in [3.63, 3.8) is 0 Å². The molecule has 2 rings (SSSR count). The Balaban J connectivity index is 2.05. The lowest BCUT2D eigenvalue weighted by atomic mass is 10.2. The minimum atomic E-state index is -0.551. The van der Waals surface area contributed by atoms with E-state index >= 15 is 0 Å². The van der Waals surface area contributed by atoms with Crippen LogP contribution >= 0.6 is 0 Å². The van der Waals surface area contributed by atoms with Gasteiger partial charge in [-0.15, -0.1) is 0 Å². The first-order chi connectivity index (χ1) is 11.7. The number of carbonyl (C=O) groups excluding carboxylic acids is 1. The van der Waals surface area contributed by atoms with Gasteiger partial charge in [-0.3, -0.25) is 0 Å². The summed E-state index contributed by atoms with van der Waals surface area (Å²) < 4.78 is 16.1. The third-order valence-corrected chi connectivity index (χ3v) is 3.18. The summed E-state index contributed by atoms with van der Waals surface area (Å²) in [7, 11) is 1.54. The third kappa shape index (κ3) is 5.10. The van der Waals surface area contributed by atoms with Crippen molar-refractivity contribution in [2.75, 3.05) is 19.5 Å². The molecular formula is C17H24N4O4. The van der Waals surface area contributed by atoms with E-state index in [1.165, 1.54) is 6.33 Å². The molecule has 1 heterocycles. The van der Waals surface area contributed by atoms with Crippen molar-refractivity contribution in [1.29, 1.82) is 0 Å². The molecule has 0 aliphatic heterocycles. The lowest BCUT2D eigenvalue weighted by Gasteiger charge is -2.22. The normalized spacial score (nSPS) is 12.5. The molecule has 1 atom stereocenters. The Morgan fingerprint density at radius 3 is 2.68 bits per heavy atom. The maximum atomic E-state index is 11.8. The number of nitrogens with two attached hydrogens (primary N) is 1. The molecule has 1 unspecified atom stereocenters. The Kier molecular flexibility index (Phi) is 5.51. The van der Waals surface area contributed by atoms with Gasteiger partial charge in [-0.25, -0.2) is 14.8 Å². The molecule has 1 amide bonds. The van der Waals surface area contributed by atoms with Gasteiger partial charge in [-0.1, -0.05) is 0 Å². The number of nitrogens with zero attached hydrogens (tertiary/aromatic N) is 2. The molecule has 1 aromatic heterocycles. The highest BCUT2D eigenvalue weighted by Gasteiger charge is 2.18. The van der Waals surface area contributed by atoms with E-state index in [0.29, 0.717) is 28.2 Å². The average Bonchev–Trinajstić information content (AvgIpc) is 2.50. The highest BCUT2D eigenvalue weighted by atomic mass is 16.6. The number of ether oxygens (including phenoxy) is 3. The number of hydrogen-bond donors (Lipinski definition) is 2. The molecule has 0 bridgehead atoms. The number of anilines is 1. The minimum absolute atomic E-state index is 0.220. The Morgan fingerprint density at radius 2 is 2.04 bits per heavy atom. The Bertz CT molecular complexity index is 758. The van der Waals surface area contributed by atoms with Crippen LogP contribution in [0.3, 0.4) is 0 Å². The Hall–Kier alpha value is -2.77. The molecule has 8 nitrogen and oxygen atoms in total. The number of amides is 1. The van der Waals surface area contributed by atoms with Crippen LogP contribution in [0.2, 0.25) is 0 Å². The first-order valence-electron chi connectivity index (χ1n) is 7.90. The predicted octanol–water partition coefficient (Wildman–Crippen LogP) is 2.51. The molecule has 8 heteroatoms. The maximum Gasteiger partial charge on any atom is 0.407 e. The number of alkyl carbamates (subject to hydrolysis) is 1. The highest BCUT2D eigenvalue weighted by molar-refractivity contribution is 5.88. The molecule has 25 heavy (non-hydrogen) atoms. The van der Waals surface area contributed by atoms with Gasteiger partial charge < -0.3 is 25.3 Å². The SMILES string of the molecule is COc1cc2ncnc(OCC(C)NC(=O)OC(C)(C)C)c2cc1N. The lowest BCUT2D eigenvalue weighted by Crippen LogP contribution is -2.40. The van der Waals surface area contributed by atoms with E-state index in [4.69, 9.17) is 19.9 Å². The quantitative estimate of drug-likeness (QED) is 0.799. The Morgan fingerprint density at radius 1 is 1.32 bits per heavy atom. The van der Waals surface area contributed by atoms with E-state index in [2.05, 4.69) is 15.3 Å². The van der Waals surface area contributed by atoms with Gasteiger partial charge in [0.05, 0.1) is 29.7 Å². The summed E-state index contributed by atoms with van der Waals surface area (Å²) in [6, 6.07) is 3.16. The van der Waals surface area contributed by atoms with Crippen molar-refractivity contribution in [3.8, 4) is 11.6 Å². The second-order valence-electron chi connectivity index (χ2n) is 6.65. The summed E-state index contributed by atoms with van der Waals surface area (Å²) in [5, 5.41) is 3.38. The van der Waals surface area contributed by atoms with Gasteiger partial charge in [-0.2, -0.15) is 0 Å². The second kappa shape index (κ2) is 7.42. The number of nitrogens with one attached hydrogen (secondary N) is 1. The molecule has 0 fully saturated rings. The molecule has 1 aromatic carbocycles. The van der Waals surface area contributed by atoms with Crippen LogP contribution in [0.4, 0.5) is 10.5 Å². The summed E-state index contributed by atoms with van der Waals surface area (Å²) in [5.41, 5.74) is 6.51. The molecule has 0 spiro atoms. The zero-order chi connectivity index (χ0) is 18.6. The van der Waals surface area contributed by atoms with Crippen LogP contribution in [0.25, 0.3) is 10.9 Å². The number of methoxy groups -OCH3 is 1. The van der Waals surface area contributed by atoms with E-state index in [-0.39, 0.29) is 12.6 Å². The highest BCUT2D eigenvalue weighted by Crippen LogP contribution is 2.30. The summed E-state index contributed by atoms with van der Waals surface area (Å²) >= 11 is 0. The van der Waals surface area contributed by atoms with Crippen LogP contribution in [0, 0.1) is 0 Å². The monoisotopic (exact) mass is 348 g/mol. The van der Waals surface area contributed by atoms with Gasteiger partial charge in [0.25, 0.3) is 0 Å². The number of hydrogen-bond acceptors (Lipinski definition) is 7. The van der Waals surface area contributed by atoms with Crippen molar-refractivity contribution in [1.82, 2.24) is 15.3 Å². The van der Waals surface area contributed by atoms with Gasteiger partial charge in [0, 0.05) is 6.07 Å². The van der Waals surface area contributed by atoms with Crippen molar-refractivity contribution < 1.29 is 19.0 Å². The van der Waals surface area contributed by atoms with Crippen LogP contribution in [0.1, 0.15) is 27.7 Å². The minimum Gasteiger partial charge on any atom is -0.495 e. The molecular weight excluding hydrogens is 324 g/mol. The maximum absolute atomic E-state index is 11.8. The number of benzene rings is 1. The van der Waals surface area contributed by atoms with Crippen LogP contribution in [-0.4, -0.2) is 41.4 Å². The van der Waals surface area contributed by atoms with Gasteiger partial charge in [0.2, 0.25) is 5.88 Å².